The minimum Gasteiger partial charge on any atom is -0.419 e. The van der Waals surface area contributed by atoms with E-state index in [9.17, 15) is 0 Å². The molecule has 0 aliphatic heterocycles. The number of hydrogen-bond acceptors (Lipinski definition) is 3. The van der Waals surface area contributed by atoms with Gasteiger partial charge in [-0.15, -0.1) is 0 Å². The van der Waals surface area contributed by atoms with Gasteiger partial charge in [0.05, 0.1) is 0 Å². The molecule has 0 heterocycles. The highest BCUT2D eigenvalue weighted by Gasteiger charge is 2.30. The van der Waals surface area contributed by atoms with Crippen LogP contribution in [0, 0.1) is 0 Å². The van der Waals surface area contributed by atoms with E-state index < -0.39 is 8.32 Å². The predicted octanol–water partition coefficient (Wildman–Crippen LogP) is 1.93. The van der Waals surface area contributed by atoms with Crippen LogP contribution in [-0.2, 0) is 4.43 Å². The maximum Gasteiger partial charge on any atom is 0.202 e. The summed E-state index contributed by atoms with van der Waals surface area (Å²) in [4.78, 5) is 0. The van der Waals surface area contributed by atoms with Crippen LogP contribution in [-0.4, -0.2) is 27.6 Å². The Morgan fingerprint density at radius 3 is 2.08 bits per heavy atom. The smallest absolute Gasteiger partial charge is 0.202 e. The van der Waals surface area contributed by atoms with Gasteiger partial charge in [-0.2, -0.15) is 0 Å². The second-order valence-corrected chi connectivity index (χ2v) is 7.64. The van der Waals surface area contributed by atoms with Crippen LogP contribution in [0.15, 0.2) is 0 Å². The molecule has 0 aliphatic carbocycles. The lowest BCUT2D eigenvalue weighted by Crippen LogP contribution is -2.52. The Labute approximate surface area is 77.6 Å². The maximum absolute atomic E-state index is 5.52. The summed E-state index contributed by atoms with van der Waals surface area (Å²) in [5, 5.41) is 3.46. The highest BCUT2D eigenvalue weighted by molar-refractivity contribution is 6.72. The molecule has 4 heteroatoms. The van der Waals surface area contributed by atoms with Gasteiger partial charge in [-0.3, -0.25) is 0 Å². The highest BCUT2D eigenvalue weighted by Crippen LogP contribution is 2.11. The first kappa shape index (κ1) is 14.6. The third kappa shape index (κ3) is 4.20. The van der Waals surface area contributed by atoms with E-state index in [0.29, 0.717) is 5.67 Å². The molecule has 0 aliphatic rings. The first-order valence-electron chi connectivity index (χ1n) is 4.37. The first-order chi connectivity index (χ1) is 5.08. The zero-order valence-electron chi connectivity index (χ0n) is 9.11. The minimum absolute atomic E-state index is 0. The van der Waals surface area contributed by atoms with Gasteiger partial charge in [0.25, 0.3) is 0 Å². The molecule has 0 amide bonds. The first-order valence-corrected chi connectivity index (χ1v) is 7.35. The van der Waals surface area contributed by atoms with Gasteiger partial charge in [0, 0.05) is 12.8 Å². The summed E-state index contributed by atoms with van der Waals surface area (Å²) in [5.41, 5.74) is 0.595. The molecule has 3 nitrogen and oxygen atoms in total. The maximum atomic E-state index is 5.52. The van der Waals surface area contributed by atoms with E-state index in [2.05, 4.69) is 32.3 Å². The molecule has 4 N–H and O–H groups in total. The summed E-state index contributed by atoms with van der Waals surface area (Å²) in [7, 11) is 0.387. The number of hydrogen-bond donors (Lipinski definition) is 2. The average molecular weight is 192 g/mol. The molecule has 0 rings (SSSR count). The summed E-state index contributed by atoms with van der Waals surface area (Å²) in [6.45, 7) is 9.90. The normalized spacial score (nSPS) is 13.8. The van der Waals surface area contributed by atoms with Gasteiger partial charge in [-0.25, -0.2) is 0 Å². The van der Waals surface area contributed by atoms with Gasteiger partial charge in [-0.1, -0.05) is 13.8 Å². The Morgan fingerprint density at radius 1 is 1.33 bits per heavy atom. The van der Waals surface area contributed by atoms with E-state index in [-0.39, 0.29) is 6.15 Å². The lowest BCUT2D eigenvalue weighted by molar-refractivity contribution is 0.377. The van der Waals surface area contributed by atoms with Crippen molar-refractivity contribution in [1.82, 2.24) is 11.5 Å². The van der Waals surface area contributed by atoms with Crippen LogP contribution in [0.2, 0.25) is 13.1 Å². The molecule has 0 aromatic heterocycles. The quantitative estimate of drug-likeness (QED) is 0.654. The molecule has 0 fully saturated rings. The van der Waals surface area contributed by atoms with E-state index in [1.807, 2.05) is 7.11 Å². The van der Waals surface area contributed by atoms with Crippen molar-refractivity contribution in [2.24, 2.45) is 0 Å². The summed E-state index contributed by atoms with van der Waals surface area (Å²) >= 11 is 0. The number of nitrogens with one attached hydrogen (secondary N) is 1. The molecule has 1 unspecified atom stereocenters. The molecular formula is C8H24N2OSi. The van der Waals surface area contributed by atoms with Gasteiger partial charge < -0.3 is 15.9 Å². The lowest BCUT2D eigenvalue weighted by atomic mass is 10.5. The van der Waals surface area contributed by atoms with Crippen LogP contribution in [0.1, 0.15) is 20.3 Å². The second-order valence-electron chi connectivity index (χ2n) is 3.33. The van der Waals surface area contributed by atoms with Crippen molar-refractivity contribution in [2.45, 2.75) is 39.0 Å². The summed E-state index contributed by atoms with van der Waals surface area (Å²) < 4.78 is 5.52. The van der Waals surface area contributed by atoms with Crippen LogP contribution < -0.4 is 11.5 Å². The van der Waals surface area contributed by atoms with Gasteiger partial charge in [-0.05, 0) is 26.1 Å². The van der Waals surface area contributed by atoms with Crippen LogP contribution in [0.4, 0.5) is 0 Å². The van der Waals surface area contributed by atoms with Crippen molar-refractivity contribution in [1.29, 1.82) is 0 Å². The molecule has 0 aromatic rings. The van der Waals surface area contributed by atoms with Crippen molar-refractivity contribution in [2.75, 3.05) is 13.7 Å². The predicted molar refractivity (Wildman–Crippen MR) is 57.3 cm³/mol. The van der Waals surface area contributed by atoms with Gasteiger partial charge >= 0.3 is 0 Å². The molecule has 0 saturated heterocycles. The molecule has 12 heavy (non-hydrogen) atoms. The van der Waals surface area contributed by atoms with Gasteiger partial charge in [0.2, 0.25) is 8.32 Å². The molecule has 76 valence electrons. The van der Waals surface area contributed by atoms with E-state index in [1.165, 1.54) is 6.42 Å². The molecular weight excluding hydrogens is 168 g/mol. The zero-order valence-corrected chi connectivity index (χ0v) is 10.1. The summed E-state index contributed by atoms with van der Waals surface area (Å²) in [5.74, 6) is 0. The van der Waals surface area contributed by atoms with Crippen molar-refractivity contribution >= 4 is 8.32 Å². The Balaban J connectivity index is 0. The molecule has 0 radical (unpaired) electrons. The van der Waals surface area contributed by atoms with Crippen LogP contribution in [0.5, 0.6) is 0 Å². The third-order valence-electron chi connectivity index (χ3n) is 2.22. The number of rotatable bonds is 5. The Bertz CT molecular complexity index is 109. The van der Waals surface area contributed by atoms with Crippen molar-refractivity contribution in [3.05, 3.63) is 0 Å². The highest BCUT2D eigenvalue weighted by atomic mass is 28.4. The topological polar surface area (TPSA) is 56.3 Å². The Morgan fingerprint density at radius 2 is 1.83 bits per heavy atom. The fourth-order valence-electron chi connectivity index (χ4n) is 1.27. The molecule has 0 spiro atoms. The molecule has 0 saturated carbocycles. The van der Waals surface area contributed by atoms with E-state index >= 15 is 0 Å². The van der Waals surface area contributed by atoms with Gasteiger partial charge in [0.1, 0.15) is 0 Å². The van der Waals surface area contributed by atoms with E-state index in [4.69, 9.17) is 4.43 Å². The van der Waals surface area contributed by atoms with Crippen molar-refractivity contribution in [3.63, 3.8) is 0 Å². The SMILES string of the molecule is CCNC(CC)[Si](C)(C)OC.N. The monoisotopic (exact) mass is 192 g/mol. The van der Waals surface area contributed by atoms with Crippen molar-refractivity contribution in [3.8, 4) is 0 Å². The average Bonchev–Trinajstić information content (AvgIpc) is 2.00. The largest absolute Gasteiger partial charge is 0.419 e. The minimum atomic E-state index is -1.44. The van der Waals surface area contributed by atoms with Crippen LogP contribution >= 0.6 is 0 Å². The second kappa shape index (κ2) is 6.60. The summed E-state index contributed by atoms with van der Waals surface area (Å²) in [6.07, 6.45) is 1.17. The molecule has 0 bridgehead atoms. The van der Waals surface area contributed by atoms with Gasteiger partial charge in [0.15, 0.2) is 0 Å². The van der Waals surface area contributed by atoms with Crippen molar-refractivity contribution < 1.29 is 4.43 Å². The zero-order chi connectivity index (χ0) is 8.91. The van der Waals surface area contributed by atoms with Crippen LogP contribution in [0.25, 0.3) is 0 Å². The fourth-order valence-corrected chi connectivity index (χ4v) is 3.23. The molecule has 1 atom stereocenters. The van der Waals surface area contributed by atoms with E-state index in [0.717, 1.165) is 6.54 Å². The Kier molecular flexibility index (Phi) is 8.03. The van der Waals surface area contributed by atoms with Crippen LogP contribution in [0.3, 0.4) is 0 Å². The fraction of sp³-hybridized carbons (Fsp3) is 1.00. The summed E-state index contributed by atoms with van der Waals surface area (Å²) in [6, 6.07) is 0. The van der Waals surface area contributed by atoms with E-state index in [1.54, 1.807) is 0 Å². The Hall–Kier alpha value is 0.0969. The third-order valence-corrected chi connectivity index (χ3v) is 5.57. The molecule has 0 aromatic carbocycles. The lowest BCUT2D eigenvalue weighted by Gasteiger charge is -2.30. The standard InChI is InChI=1S/C8H21NOSi.H3N/c1-6-8(9-7-2)11(4,5)10-3;/h8-9H,6-7H2,1-5H3;1H3.